The molecule has 0 heterocycles. The van der Waals surface area contributed by atoms with Gasteiger partial charge in [-0.2, -0.15) is 12.7 Å². The normalized spacial score (nSPS) is 13.9. The minimum atomic E-state index is -3.50. The molecule has 0 aliphatic rings. The van der Waals surface area contributed by atoms with Crippen LogP contribution >= 0.6 is 0 Å². The minimum absolute atomic E-state index is 0.0958. The summed E-state index contributed by atoms with van der Waals surface area (Å²) in [5, 5.41) is 0. The molecule has 0 radical (unpaired) electrons. The molecule has 1 aromatic rings. The zero-order valence-electron chi connectivity index (χ0n) is 14.2. The van der Waals surface area contributed by atoms with Crippen LogP contribution in [0.15, 0.2) is 24.3 Å². The number of ether oxygens (including phenoxy) is 1. The molecule has 6 nitrogen and oxygen atoms in total. The van der Waals surface area contributed by atoms with Crippen LogP contribution in [0.5, 0.6) is 5.75 Å². The number of hydrogen-bond donors (Lipinski definition) is 1. The summed E-state index contributed by atoms with van der Waals surface area (Å²) in [6, 6.07) is 7.42. The quantitative estimate of drug-likeness (QED) is 0.784. The summed E-state index contributed by atoms with van der Waals surface area (Å²) in [5.41, 5.74) is 0.949. The molecule has 0 amide bonds. The van der Waals surface area contributed by atoms with Crippen molar-refractivity contribution in [2.75, 3.05) is 34.8 Å². The van der Waals surface area contributed by atoms with Crippen molar-refractivity contribution >= 4 is 10.2 Å². The highest BCUT2D eigenvalue weighted by molar-refractivity contribution is 7.87. The molecule has 1 aromatic carbocycles. The Morgan fingerprint density at radius 1 is 1.18 bits per heavy atom. The number of nitrogens with zero attached hydrogens (tertiary/aromatic N) is 2. The molecule has 0 saturated carbocycles. The Labute approximate surface area is 134 Å². The second-order valence-electron chi connectivity index (χ2n) is 5.68. The summed E-state index contributed by atoms with van der Waals surface area (Å²) in [6.07, 6.45) is 0. The third kappa shape index (κ3) is 4.67. The second-order valence-corrected chi connectivity index (χ2v) is 7.50. The van der Waals surface area contributed by atoms with Gasteiger partial charge in [-0.3, -0.25) is 0 Å². The summed E-state index contributed by atoms with van der Waals surface area (Å²) in [6.45, 7) is 3.94. The minimum Gasteiger partial charge on any atom is -0.496 e. The molecule has 126 valence electrons. The molecule has 22 heavy (non-hydrogen) atoms. The van der Waals surface area contributed by atoms with Crippen molar-refractivity contribution in [2.45, 2.75) is 25.9 Å². The standard InChI is InChI=1S/C15H27N3O3S/c1-12(2)18(5)22(19,20)16-11-14(17(3)4)13-9-7-8-10-15(13)21-6/h7-10,12,14,16H,11H2,1-6H3/t14-/m0/s1. The van der Waals surface area contributed by atoms with Crippen molar-refractivity contribution in [1.29, 1.82) is 0 Å². The highest BCUT2D eigenvalue weighted by atomic mass is 32.2. The maximum atomic E-state index is 12.2. The van der Waals surface area contributed by atoms with E-state index in [1.807, 2.05) is 57.1 Å². The van der Waals surface area contributed by atoms with Crippen molar-refractivity contribution in [2.24, 2.45) is 0 Å². The summed E-state index contributed by atoms with van der Waals surface area (Å²) in [4.78, 5) is 1.97. The maximum absolute atomic E-state index is 12.2. The average Bonchev–Trinajstić information content (AvgIpc) is 2.46. The second kappa shape index (κ2) is 7.92. The first-order valence-corrected chi connectivity index (χ1v) is 8.66. The molecule has 0 aliphatic carbocycles. The van der Waals surface area contributed by atoms with Crippen LogP contribution in [-0.4, -0.2) is 58.5 Å². The van der Waals surface area contributed by atoms with Gasteiger partial charge in [0.1, 0.15) is 5.75 Å². The molecule has 0 aromatic heterocycles. The lowest BCUT2D eigenvalue weighted by Gasteiger charge is -2.28. The zero-order valence-corrected chi connectivity index (χ0v) is 15.0. The summed E-state index contributed by atoms with van der Waals surface area (Å²) >= 11 is 0. The number of hydrogen-bond acceptors (Lipinski definition) is 4. The van der Waals surface area contributed by atoms with Crippen LogP contribution in [0.2, 0.25) is 0 Å². The van der Waals surface area contributed by atoms with Crippen LogP contribution in [0.4, 0.5) is 0 Å². The lowest BCUT2D eigenvalue weighted by Crippen LogP contribution is -2.44. The molecule has 0 saturated heterocycles. The fourth-order valence-corrected chi connectivity index (χ4v) is 3.20. The van der Waals surface area contributed by atoms with E-state index in [-0.39, 0.29) is 18.6 Å². The molecule has 0 spiro atoms. The van der Waals surface area contributed by atoms with Gasteiger partial charge in [0.05, 0.1) is 13.2 Å². The van der Waals surface area contributed by atoms with Gasteiger partial charge in [0.2, 0.25) is 0 Å². The van der Waals surface area contributed by atoms with E-state index in [0.29, 0.717) is 0 Å². The number of nitrogens with one attached hydrogen (secondary N) is 1. The van der Waals surface area contributed by atoms with E-state index in [2.05, 4.69) is 4.72 Å². The van der Waals surface area contributed by atoms with E-state index in [1.165, 1.54) is 4.31 Å². The Bertz CT molecular complexity index is 573. The molecule has 0 bridgehead atoms. The lowest BCUT2D eigenvalue weighted by molar-refractivity contribution is 0.286. The van der Waals surface area contributed by atoms with Crippen molar-refractivity contribution < 1.29 is 13.2 Å². The Morgan fingerprint density at radius 3 is 2.27 bits per heavy atom. The van der Waals surface area contributed by atoms with Gasteiger partial charge in [0.25, 0.3) is 10.2 Å². The van der Waals surface area contributed by atoms with E-state index >= 15 is 0 Å². The zero-order chi connectivity index (χ0) is 16.9. The number of methoxy groups -OCH3 is 1. The first-order valence-electron chi connectivity index (χ1n) is 7.22. The molecule has 7 heteroatoms. The average molecular weight is 329 g/mol. The highest BCUT2D eigenvalue weighted by Crippen LogP contribution is 2.27. The first-order chi connectivity index (χ1) is 10.2. The van der Waals surface area contributed by atoms with E-state index in [0.717, 1.165) is 11.3 Å². The summed E-state index contributed by atoms with van der Waals surface area (Å²) in [7, 11) is 3.51. The first kappa shape index (κ1) is 18.9. The SMILES string of the molecule is COc1ccccc1[C@H](CNS(=O)(=O)N(C)C(C)C)N(C)C. The van der Waals surface area contributed by atoms with Crippen LogP contribution in [0.3, 0.4) is 0 Å². The van der Waals surface area contributed by atoms with Crippen molar-refractivity contribution in [3.05, 3.63) is 29.8 Å². The van der Waals surface area contributed by atoms with Crippen LogP contribution in [0.25, 0.3) is 0 Å². The van der Waals surface area contributed by atoms with Gasteiger partial charge >= 0.3 is 0 Å². The van der Waals surface area contributed by atoms with Gasteiger partial charge in [-0.15, -0.1) is 0 Å². The van der Waals surface area contributed by atoms with E-state index in [1.54, 1.807) is 14.2 Å². The Morgan fingerprint density at radius 2 is 1.77 bits per heavy atom. The smallest absolute Gasteiger partial charge is 0.279 e. The van der Waals surface area contributed by atoms with Gasteiger partial charge in [-0.1, -0.05) is 18.2 Å². The maximum Gasteiger partial charge on any atom is 0.279 e. The van der Waals surface area contributed by atoms with Gasteiger partial charge in [-0.25, -0.2) is 4.72 Å². The van der Waals surface area contributed by atoms with Crippen molar-refractivity contribution in [1.82, 2.24) is 13.9 Å². The van der Waals surface area contributed by atoms with Gasteiger partial charge in [0, 0.05) is 25.2 Å². The molecular weight excluding hydrogens is 302 g/mol. The van der Waals surface area contributed by atoms with Crippen molar-refractivity contribution in [3.63, 3.8) is 0 Å². The Kier molecular flexibility index (Phi) is 6.80. The number of likely N-dealkylation sites (N-methyl/N-ethyl adjacent to an activating group) is 1. The molecule has 1 rings (SSSR count). The van der Waals surface area contributed by atoms with Crippen LogP contribution in [0, 0.1) is 0 Å². The van der Waals surface area contributed by atoms with E-state index < -0.39 is 10.2 Å². The predicted octanol–water partition coefficient (Wildman–Crippen LogP) is 1.47. The molecule has 0 fully saturated rings. The fourth-order valence-electron chi connectivity index (χ4n) is 2.08. The summed E-state index contributed by atoms with van der Waals surface area (Å²) in [5.74, 6) is 0.748. The highest BCUT2D eigenvalue weighted by Gasteiger charge is 2.24. The van der Waals surface area contributed by atoms with Crippen LogP contribution in [-0.2, 0) is 10.2 Å². The van der Waals surface area contributed by atoms with Gasteiger partial charge < -0.3 is 9.64 Å². The number of rotatable bonds is 8. The summed E-state index contributed by atoms with van der Waals surface area (Å²) < 4.78 is 33.9. The number of para-hydroxylation sites is 1. The van der Waals surface area contributed by atoms with E-state index in [4.69, 9.17) is 4.74 Å². The Balaban J connectivity index is 2.95. The van der Waals surface area contributed by atoms with Crippen LogP contribution < -0.4 is 9.46 Å². The van der Waals surface area contributed by atoms with Gasteiger partial charge in [-0.05, 0) is 34.0 Å². The monoisotopic (exact) mass is 329 g/mol. The van der Waals surface area contributed by atoms with Crippen LogP contribution in [0.1, 0.15) is 25.5 Å². The topological polar surface area (TPSA) is 61.9 Å². The van der Waals surface area contributed by atoms with Gasteiger partial charge in [0.15, 0.2) is 0 Å². The fraction of sp³-hybridized carbons (Fsp3) is 0.600. The van der Waals surface area contributed by atoms with E-state index in [9.17, 15) is 8.42 Å². The molecule has 1 atom stereocenters. The molecule has 1 N–H and O–H groups in total. The molecular formula is C15H27N3O3S. The molecule has 0 aliphatic heterocycles. The Hall–Kier alpha value is -1.15. The molecule has 0 unspecified atom stereocenters. The van der Waals surface area contributed by atoms with Crippen molar-refractivity contribution in [3.8, 4) is 5.75 Å². The third-order valence-corrected chi connectivity index (χ3v) is 5.40. The third-order valence-electron chi connectivity index (χ3n) is 3.69. The predicted molar refractivity (Wildman–Crippen MR) is 89.2 cm³/mol. The largest absolute Gasteiger partial charge is 0.496 e. The number of benzene rings is 1. The lowest BCUT2D eigenvalue weighted by atomic mass is 10.1.